The molecule has 0 fully saturated rings. The van der Waals surface area contributed by atoms with E-state index in [1.165, 1.54) is 10.4 Å². The molecule has 0 saturated heterocycles. The van der Waals surface area contributed by atoms with Crippen molar-refractivity contribution in [2.75, 3.05) is 6.54 Å². The third-order valence-corrected chi connectivity index (χ3v) is 6.77. The summed E-state index contributed by atoms with van der Waals surface area (Å²) in [7, 11) is 0. The zero-order valence-corrected chi connectivity index (χ0v) is 18.2. The van der Waals surface area contributed by atoms with Gasteiger partial charge in [-0.3, -0.25) is 9.69 Å². The quantitative estimate of drug-likeness (QED) is 0.571. The number of benzene rings is 1. The van der Waals surface area contributed by atoms with E-state index in [1.807, 2.05) is 29.5 Å². The first-order chi connectivity index (χ1) is 12.4. The van der Waals surface area contributed by atoms with Crippen molar-refractivity contribution in [1.82, 2.24) is 4.90 Å². The average Bonchev–Trinajstić information content (AvgIpc) is 3.07. The summed E-state index contributed by atoms with van der Waals surface area (Å²) in [6, 6.07) is 10.5. The molecule has 3 rings (SSSR count). The largest absolute Gasteiger partial charge is 0.481 e. The molecule has 1 aliphatic heterocycles. The number of carboxylic acid groups (broad SMARTS) is 1. The zero-order valence-electron chi connectivity index (χ0n) is 15.8. The fourth-order valence-electron chi connectivity index (χ4n) is 3.66. The lowest BCUT2D eigenvalue weighted by molar-refractivity contribution is -0.147. The molecule has 1 unspecified atom stereocenters. The first-order valence-electron chi connectivity index (χ1n) is 9.15. The van der Waals surface area contributed by atoms with Gasteiger partial charge in [-0.15, -0.1) is 23.7 Å². The highest BCUT2D eigenvalue weighted by Crippen LogP contribution is 2.37. The van der Waals surface area contributed by atoms with Crippen molar-refractivity contribution < 1.29 is 9.90 Å². The van der Waals surface area contributed by atoms with Crippen molar-refractivity contribution in [1.29, 1.82) is 0 Å². The standard InChI is InChI=1S/C21H26ClNO2S.ClH/c1-21(2,20(24)25)11-5-8-18(16-6-3-4-7-17(16)22)23-12-9-19-15(14-23)10-13-26-19;/h3-4,6-7,10,13,18H,5,8-9,11-12,14H2,1-2H3,(H,24,25);1H. The summed E-state index contributed by atoms with van der Waals surface area (Å²) in [6.07, 6.45) is 3.53. The molecular weight excluding hydrogens is 401 g/mol. The summed E-state index contributed by atoms with van der Waals surface area (Å²) < 4.78 is 0. The molecule has 3 nitrogen and oxygen atoms in total. The van der Waals surface area contributed by atoms with Crippen LogP contribution in [0.4, 0.5) is 0 Å². The van der Waals surface area contributed by atoms with E-state index in [1.54, 1.807) is 13.8 Å². The number of rotatable bonds is 7. The summed E-state index contributed by atoms with van der Waals surface area (Å²) in [4.78, 5) is 15.4. The Balaban J connectivity index is 0.00000261. The van der Waals surface area contributed by atoms with Crippen LogP contribution in [0.15, 0.2) is 35.7 Å². The maximum absolute atomic E-state index is 11.4. The minimum Gasteiger partial charge on any atom is -0.481 e. The summed E-state index contributed by atoms with van der Waals surface area (Å²) in [5.74, 6) is -0.729. The number of nitrogens with zero attached hydrogens (tertiary/aromatic N) is 1. The number of carboxylic acids is 1. The van der Waals surface area contributed by atoms with E-state index in [4.69, 9.17) is 11.6 Å². The Morgan fingerprint density at radius 1 is 1.33 bits per heavy atom. The maximum Gasteiger partial charge on any atom is 0.309 e. The van der Waals surface area contributed by atoms with Gasteiger partial charge in [-0.2, -0.15) is 0 Å². The SMILES string of the molecule is CC(C)(CCCC(c1ccccc1Cl)N1CCc2sccc2C1)C(=O)O.Cl. The Bertz CT molecular complexity index is 775. The Kier molecular flexibility index (Phi) is 7.75. The lowest BCUT2D eigenvalue weighted by Crippen LogP contribution is -2.34. The van der Waals surface area contributed by atoms with Crippen LogP contribution in [0, 0.1) is 5.41 Å². The molecule has 6 heteroatoms. The molecule has 0 bridgehead atoms. The van der Waals surface area contributed by atoms with Gasteiger partial charge in [0, 0.05) is 29.0 Å². The predicted octanol–water partition coefficient (Wildman–Crippen LogP) is 6.20. The topological polar surface area (TPSA) is 40.5 Å². The molecule has 0 aliphatic carbocycles. The van der Waals surface area contributed by atoms with Crippen LogP contribution in [0.5, 0.6) is 0 Å². The Hall–Kier alpha value is -1.07. The van der Waals surface area contributed by atoms with E-state index in [9.17, 15) is 9.90 Å². The van der Waals surface area contributed by atoms with Crippen LogP contribution >= 0.6 is 35.3 Å². The molecule has 1 aromatic heterocycles. The Labute approximate surface area is 176 Å². The zero-order chi connectivity index (χ0) is 18.7. The molecule has 1 aromatic carbocycles. The molecule has 0 amide bonds. The molecule has 1 atom stereocenters. The van der Waals surface area contributed by atoms with Gasteiger partial charge in [-0.05, 0) is 61.7 Å². The van der Waals surface area contributed by atoms with Crippen molar-refractivity contribution in [3.8, 4) is 0 Å². The second-order valence-electron chi connectivity index (χ2n) is 7.71. The molecule has 0 saturated carbocycles. The molecule has 1 aliphatic rings. The maximum atomic E-state index is 11.4. The smallest absolute Gasteiger partial charge is 0.309 e. The van der Waals surface area contributed by atoms with Gasteiger partial charge in [0.2, 0.25) is 0 Å². The van der Waals surface area contributed by atoms with Gasteiger partial charge in [0.1, 0.15) is 0 Å². The van der Waals surface area contributed by atoms with E-state index < -0.39 is 11.4 Å². The minimum atomic E-state index is -0.729. The van der Waals surface area contributed by atoms with E-state index in [-0.39, 0.29) is 18.4 Å². The molecule has 27 heavy (non-hydrogen) atoms. The first kappa shape index (κ1) is 22.2. The van der Waals surface area contributed by atoms with Crippen LogP contribution in [-0.4, -0.2) is 22.5 Å². The number of thiophene rings is 1. The normalized spacial score (nSPS) is 15.7. The van der Waals surface area contributed by atoms with Crippen LogP contribution in [0.3, 0.4) is 0 Å². The van der Waals surface area contributed by atoms with Crippen LogP contribution < -0.4 is 0 Å². The molecule has 2 heterocycles. The van der Waals surface area contributed by atoms with E-state index >= 15 is 0 Å². The highest BCUT2D eigenvalue weighted by molar-refractivity contribution is 7.10. The average molecular weight is 428 g/mol. The molecule has 148 valence electrons. The predicted molar refractivity (Wildman–Crippen MR) is 115 cm³/mol. The lowest BCUT2D eigenvalue weighted by Gasteiger charge is -2.36. The summed E-state index contributed by atoms with van der Waals surface area (Å²) in [5, 5.41) is 12.3. The van der Waals surface area contributed by atoms with Crippen molar-refractivity contribution in [2.45, 2.75) is 52.1 Å². The summed E-state index contributed by atoms with van der Waals surface area (Å²) >= 11 is 8.36. The van der Waals surface area contributed by atoms with Crippen molar-refractivity contribution in [3.63, 3.8) is 0 Å². The number of fused-ring (bicyclic) bond motifs is 1. The molecule has 0 radical (unpaired) electrons. The Morgan fingerprint density at radius 2 is 2.07 bits per heavy atom. The monoisotopic (exact) mass is 427 g/mol. The van der Waals surface area contributed by atoms with Crippen molar-refractivity contribution in [3.05, 3.63) is 56.7 Å². The lowest BCUT2D eigenvalue weighted by atomic mass is 9.85. The van der Waals surface area contributed by atoms with Gasteiger partial charge in [0.25, 0.3) is 0 Å². The first-order valence-corrected chi connectivity index (χ1v) is 10.4. The second-order valence-corrected chi connectivity index (χ2v) is 9.12. The van der Waals surface area contributed by atoms with Gasteiger partial charge in [-0.1, -0.05) is 36.2 Å². The number of aliphatic carboxylic acids is 1. The van der Waals surface area contributed by atoms with Gasteiger partial charge in [0.15, 0.2) is 0 Å². The second kappa shape index (κ2) is 9.42. The number of carbonyl (C=O) groups is 1. The third-order valence-electron chi connectivity index (χ3n) is 5.40. The van der Waals surface area contributed by atoms with E-state index in [0.717, 1.165) is 42.9 Å². The van der Waals surface area contributed by atoms with Crippen molar-refractivity contribution >= 4 is 41.3 Å². The number of hydrogen-bond acceptors (Lipinski definition) is 3. The summed E-state index contributed by atoms with van der Waals surface area (Å²) in [5.41, 5.74) is 1.89. The molecule has 1 N–H and O–H groups in total. The van der Waals surface area contributed by atoms with Crippen LogP contribution in [0.2, 0.25) is 5.02 Å². The summed E-state index contributed by atoms with van der Waals surface area (Å²) in [6.45, 7) is 5.57. The minimum absolute atomic E-state index is 0. The van der Waals surface area contributed by atoms with Gasteiger partial charge >= 0.3 is 5.97 Å². The van der Waals surface area contributed by atoms with Crippen LogP contribution in [-0.2, 0) is 17.8 Å². The molecular formula is C21H27Cl2NO2S. The van der Waals surface area contributed by atoms with Gasteiger partial charge in [0.05, 0.1) is 5.41 Å². The molecule has 2 aromatic rings. The van der Waals surface area contributed by atoms with Crippen molar-refractivity contribution in [2.24, 2.45) is 5.41 Å². The van der Waals surface area contributed by atoms with Gasteiger partial charge in [-0.25, -0.2) is 0 Å². The fourth-order valence-corrected chi connectivity index (χ4v) is 4.81. The van der Waals surface area contributed by atoms with Crippen LogP contribution in [0.25, 0.3) is 0 Å². The van der Waals surface area contributed by atoms with Gasteiger partial charge < -0.3 is 5.11 Å². The Morgan fingerprint density at radius 3 is 2.78 bits per heavy atom. The fraction of sp³-hybridized carbons (Fsp3) is 0.476. The third kappa shape index (κ3) is 5.26. The van der Waals surface area contributed by atoms with E-state index in [2.05, 4.69) is 22.4 Å². The highest BCUT2D eigenvalue weighted by atomic mass is 35.5. The number of halogens is 2. The highest BCUT2D eigenvalue weighted by Gasteiger charge is 2.30. The van der Waals surface area contributed by atoms with E-state index in [0.29, 0.717) is 6.42 Å². The molecule has 0 spiro atoms. The van der Waals surface area contributed by atoms with Crippen LogP contribution in [0.1, 0.15) is 55.2 Å². The number of hydrogen-bond donors (Lipinski definition) is 1.